The van der Waals surface area contributed by atoms with Gasteiger partial charge in [-0.1, -0.05) is 74.5 Å². The smallest absolute Gasteiger partial charge is 0.245 e. The highest BCUT2D eigenvalue weighted by Crippen LogP contribution is 2.40. The van der Waals surface area contributed by atoms with Crippen LogP contribution in [0.4, 0.5) is 0 Å². The number of unbranched alkanes of at least 4 members (excludes halogenated alkanes) is 1. The summed E-state index contributed by atoms with van der Waals surface area (Å²) in [6, 6.07) is 15.2. The molecule has 0 radical (unpaired) electrons. The van der Waals surface area contributed by atoms with Gasteiger partial charge in [-0.05, 0) is 62.1 Å². The van der Waals surface area contributed by atoms with Crippen LogP contribution in [0.3, 0.4) is 0 Å². The highest BCUT2D eigenvalue weighted by atomic mass is 16.2. The SMILES string of the molecule is CC(=O)N1CCC2(C1)CN(C(=O)C(CCCCN)NC(=O)C(CC(C)C)NC(=O)C(Cc1ccccc1)NC(=O)C(N)Cc1ccccc1)C2. The summed E-state index contributed by atoms with van der Waals surface area (Å²) in [6.45, 7) is 8.34. The van der Waals surface area contributed by atoms with Crippen LogP contribution in [0, 0.1) is 11.3 Å². The highest BCUT2D eigenvalue weighted by molar-refractivity contribution is 5.95. The van der Waals surface area contributed by atoms with Gasteiger partial charge in [0.05, 0.1) is 6.04 Å². The molecule has 4 unspecified atom stereocenters. The van der Waals surface area contributed by atoms with Crippen molar-refractivity contribution in [2.24, 2.45) is 22.8 Å². The second-order valence-electron chi connectivity index (χ2n) is 14.5. The zero-order valence-electron chi connectivity index (χ0n) is 29.7. The van der Waals surface area contributed by atoms with Gasteiger partial charge in [0.15, 0.2) is 0 Å². The van der Waals surface area contributed by atoms with Crippen molar-refractivity contribution < 1.29 is 24.0 Å². The van der Waals surface area contributed by atoms with Crippen molar-refractivity contribution in [1.29, 1.82) is 0 Å². The van der Waals surface area contributed by atoms with Gasteiger partial charge in [-0.15, -0.1) is 0 Å². The first-order valence-electron chi connectivity index (χ1n) is 17.9. The lowest BCUT2D eigenvalue weighted by atomic mass is 9.78. The van der Waals surface area contributed by atoms with E-state index in [2.05, 4.69) is 16.0 Å². The van der Waals surface area contributed by atoms with Crippen LogP contribution in [0.25, 0.3) is 0 Å². The Morgan fingerprint density at radius 1 is 0.740 bits per heavy atom. The van der Waals surface area contributed by atoms with Gasteiger partial charge in [0.25, 0.3) is 0 Å². The van der Waals surface area contributed by atoms with E-state index in [4.69, 9.17) is 11.5 Å². The number of hydrogen-bond donors (Lipinski definition) is 5. The van der Waals surface area contributed by atoms with Crippen LogP contribution < -0.4 is 27.4 Å². The van der Waals surface area contributed by atoms with Crippen LogP contribution in [0.15, 0.2) is 60.7 Å². The average molecular weight is 690 g/mol. The first kappa shape index (κ1) is 38.5. The maximum Gasteiger partial charge on any atom is 0.245 e. The number of rotatable bonds is 17. The second-order valence-corrected chi connectivity index (χ2v) is 14.5. The molecule has 0 aliphatic carbocycles. The Bertz CT molecular complexity index is 1450. The maximum atomic E-state index is 13.9. The summed E-state index contributed by atoms with van der Waals surface area (Å²) < 4.78 is 0. The van der Waals surface area contributed by atoms with Crippen LogP contribution >= 0.6 is 0 Å². The van der Waals surface area contributed by atoms with E-state index in [0.29, 0.717) is 64.8 Å². The molecule has 2 aliphatic heterocycles. The van der Waals surface area contributed by atoms with Gasteiger partial charge in [-0.3, -0.25) is 24.0 Å². The fraction of sp³-hybridized carbons (Fsp3) is 0.553. The fourth-order valence-electron chi connectivity index (χ4n) is 6.90. The molecule has 2 aromatic carbocycles. The topological polar surface area (TPSA) is 180 Å². The summed E-state index contributed by atoms with van der Waals surface area (Å²) in [7, 11) is 0. The number of likely N-dealkylation sites (tertiary alicyclic amines) is 2. The Hall–Kier alpha value is -4.29. The van der Waals surface area contributed by atoms with Gasteiger partial charge in [-0.2, -0.15) is 0 Å². The maximum absolute atomic E-state index is 13.9. The number of nitrogens with one attached hydrogen (secondary N) is 3. The van der Waals surface area contributed by atoms with Gasteiger partial charge in [0.2, 0.25) is 29.5 Å². The Balaban J connectivity index is 1.45. The molecule has 1 spiro atoms. The molecule has 2 saturated heterocycles. The lowest BCUT2D eigenvalue weighted by Gasteiger charge is -2.49. The van der Waals surface area contributed by atoms with Crippen LogP contribution in [0.5, 0.6) is 0 Å². The molecule has 12 nitrogen and oxygen atoms in total. The predicted molar refractivity (Wildman–Crippen MR) is 192 cm³/mol. The van der Waals surface area contributed by atoms with Crippen molar-refractivity contribution in [1.82, 2.24) is 25.8 Å². The molecule has 7 N–H and O–H groups in total. The average Bonchev–Trinajstić information content (AvgIpc) is 3.54. The fourth-order valence-corrected chi connectivity index (χ4v) is 6.90. The van der Waals surface area contributed by atoms with E-state index in [-0.39, 0.29) is 29.6 Å². The minimum atomic E-state index is -0.991. The van der Waals surface area contributed by atoms with Crippen LogP contribution in [0.1, 0.15) is 64.0 Å². The molecule has 272 valence electrons. The van der Waals surface area contributed by atoms with Crippen LogP contribution in [-0.2, 0) is 36.8 Å². The number of carbonyl (C=O) groups excluding carboxylic acids is 5. The quantitative estimate of drug-likeness (QED) is 0.156. The van der Waals surface area contributed by atoms with Gasteiger partial charge in [0.1, 0.15) is 18.1 Å². The molecule has 4 atom stereocenters. The van der Waals surface area contributed by atoms with Crippen LogP contribution in [0.2, 0.25) is 0 Å². The summed E-state index contributed by atoms with van der Waals surface area (Å²) >= 11 is 0. The van der Waals surface area contributed by atoms with E-state index in [9.17, 15) is 24.0 Å². The number of hydrogen-bond acceptors (Lipinski definition) is 7. The summed E-state index contributed by atoms with van der Waals surface area (Å²) in [5.74, 6) is -1.53. The first-order valence-corrected chi connectivity index (χ1v) is 17.9. The van der Waals surface area contributed by atoms with Crippen molar-refractivity contribution in [2.75, 3.05) is 32.7 Å². The minimum Gasteiger partial charge on any atom is -0.343 e. The van der Waals surface area contributed by atoms with Crippen molar-refractivity contribution in [2.45, 2.75) is 89.9 Å². The number of amides is 5. The zero-order valence-corrected chi connectivity index (χ0v) is 29.7. The molecule has 2 aliphatic rings. The number of carbonyl (C=O) groups is 5. The van der Waals surface area contributed by atoms with Gasteiger partial charge in [0, 0.05) is 44.9 Å². The molecular formula is C38H55N7O5. The molecule has 0 bridgehead atoms. The summed E-state index contributed by atoms with van der Waals surface area (Å²) in [4.78, 5) is 70.3. The molecule has 50 heavy (non-hydrogen) atoms. The van der Waals surface area contributed by atoms with E-state index < -0.39 is 41.9 Å². The largest absolute Gasteiger partial charge is 0.343 e. The van der Waals surface area contributed by atoms with Gasteiger partial charge in [-0.25, -0.2) is 0 Å². The van der Waals surface area contributed by atoms with Crippen molar-refractivity contribution in [3.05, 3.63) is 71.8 Å². The summed E-state index contributed by atoms with van der Waals surface area (Å²) in [5.41, 5.74) is 13.6. The molecule has 2 aromatic rings. The Morgan fingerprint density at radius 3 is 1.84 bits per heavy atom. The lowest BCUT2D eigenvalue weighted by Crippen LogP contribution is -2.64. The Morgan fingerprint density at radius 2 is 1.28 bits per heavy atom. The summed E-state index contributed by atoms with van der Waals surface area (Å²) in [5, 5.41) is 8.69. The monoisotopic (exact) mass is 689 g/mol. The second kappa shape index (κ2) is 18.1. The molecule has 4 rings (SSSR count). The van der Waals surface area contributed by atoms with Crippen molar-refractivity contribution >= 4 is 29.5 Å². The highest BCUT2D eigenvalue weighted by Gasteiger charge is 2.50. The number of nitrogens with two attached hydrogens (primary N) is 2. The molecular weight excluding hydrogens is 634 g/mol. The van der Waals surface area contributed by atoms with Crippen molar-refractivity contribution in [3.63, 3.8) is 0 Å². The van der Waals surface area contributed by atoms with E-state index in [1.165, 1.54) is 0 Å². The molecule has 12 heteroatoms. The minimum absolute atomic E-state index is 0.0393. The standard InChI is InChI=1S/C38H55N7O5/c1-26(2)20-32(35(48)41-31(16-10-11-18-39)37(50)45-24-38(25-45)17-19-44(23-38)27(3)46)43-36(49)33(22-29-14-8-5-9-15-29)42-34(47)30(40)21-28-12-6-4-7-13-28/h4-9,12-15,26,30-33H,10-11,16-25,39-40H2,1-3H3,(H,41,48)(H,42,47)(H,43,49). The Labute approximate surface area is 296 Å². The third-order valence-corrected chi connectivity index (χ3v) is 9.70. The zero-order chi connectivity index (χ0) is 36.3. The molecule has 2 heterocycles. The molecule has 0 aromatic heterocycles. The number of benzene rings is 2. The van der Waals surface area contributed by atoms with E-state index >= 15 is 0 Å². The first-order chi connectivity index (χ1) is 23.9. The summed E-state index contributed by atoms with van der Waals surface area (Å²) in [6.07, 6.45) is 3.45. The van der Waals surface area contributed by atoms with Gasteiger partial charge >= 0.3 is 0 Å². The van der Waals surface area contributed by atoms with Crippen molar-refractivity contribution in [3.8, 4) is 0 Å². The Kier molecular flexibility index (Phi) is 13.9. The molecule has 5 amide bonds. The molecule has 0 saturated carbocycles. The third kappa shape index (κ3) is 10.9. The van der Waals surface area contributed by atoms with E-state index in [1.807, 2.05) is 79.4 Å². The predicted octanol–water partition coefficient (Wildman–Crippen LogP) is 1.51. The third-order valence-electron chi connectivity index (χ3n) is 9.70. The normalized spacial score (nSPS) is 17.4. The molecule has 2 fully saturated rings. The van der Waals surface area contributed by atoms with Gasteiger partial charge < -0.3 is 37.2 Å². The number of nitrogens with zero attached hydrogens (tertiary/aromatic N) is 2. The van der Waals surface area contributed by atoms with E-state index in [0.717, 1.165) is 17.5 Å². The van der Waals surface area contributed by atoms with E-state index in [1.54, 1.807) is 11.8 Å². The lowest BCUT2D eigenvalue weighted by molar-refractivity contribution is -0.147. The van der Waals surface area contributed by atoms with Crippen LogP contribution in [-0.4, -0.2) is 96.2 Å².